The van der Waals surface area contributed by atoms with Gasteiger partial charge in [0, 0.05) is 18.2 Å². The third kappa shape index (κ3) is 3.55. The molecule has 130 valence electrons. The first-order chi connectivity index (χ1) is 10.9. The lowest BCUT2D eigenvalue weighted by molar-refractivity contribution is -0.159. The number of halogens is 4. The van der Waals surface area contributed by atoms with Gasteiger partial charge in [-0.1, -0.05) is 11.2 Å². The van der Waals surface area contributed by atoms with Crippen LogP contribution >= 0.6 is 0 Å². The zero-order chi connectivity index (χ0) is 18.3. The summed E-state index contributed by atoms with van der Waals surface area (Å²) < 4.78 is 55.7. The molecule has 0 atom stereocenters. The van der Waals surface area contributed by atoms with Crippen molar-refractivity contribution < 1.29 is 26.9 Å². The summed E-state index contributed by atoms with van der Waals surface area (Å²) in [4.78, 5) is 16.8. The Labute approximate surface area is 135 Å². The molecule has 0 radical (unpaired) electrons. The molecule has 0 unspecified atom stereocenters. The Morgan fingerprint density at radius 1 is 1.21 bits per heavy atom. The van der Waals surface area contributed by atoms with Gasteiger partial charge in [-0.3, -0.25) is 4.79 Å². The molecule has 0 aliphatic heterocycles. The van der Waals surface area contributed by atoms with Crippen molar-refractivity contribution in [3.05, 3.63) is 35.5 Å². The highest BCUT2D eigenvalue weighted by atomic mass is 19.4. The predicted octanol–water partition coefficient (Wildman–Crippen LogP) is 3.77. The molecule has 1 aromatic carbocycles. The van der Waals surface area contributed by atoms with E-state index in [0.29, 0.717) is 0 Å². The average Bonchev–Trinajstić information content (AvgIpc) is 2.94. The SMILES string of the molecule is CN(C(=O)c1ccc(-c2noc(C(F)(F)F)n2)cc1F)C(C)(C)C. The van der Waals surface area contributed by atoms with E-state index in [9.17, 15) is 22.4 Å². The number of carbonyl (C=O) groups is 1. The third-order valence-corrected chi connectivity index (χ3v) is 3.44. The lowest BCUT2D eigenvalue weighted by atomic mass is 10.0. The number of benzene rings is 1. The average molecular weight is 345 g/mol. The van der Waals surface area contributed by atoms with Gasteiger partial charge in [-0.2, -0.15) is 18.2 Å². The maximum absolute atomic E-state index is 14.2. The van der Waals surface area contributed by atoms with Crippen molar-refractivity contribution in [3.8, 4) is 11.4 Å². The Hall–Kier alpha value is -2.45. The fraction of sp³-hybridized carbons (Fsp3) is 0.400. The molecule has 0 bridgehead atoms. The maximum atomic E-state index is 14.2. The van der Waals surface area contributed by atoms with E-state index < -0.39 is 35.2 Å². The number of nitrogens with zero attached hydrogens (tertiary/aromatic N) is 3. The normalized spacial score (nSPS) is 12.3. The second-order valence-electron chi connectivity index (χ2n) is 6.15. The second kappa shape index (κ2) is 5.88. The van der Waals surface area contributed by atoms with Crippen LogP contribution in [0.3, 0.4) is 0 Å². The quantitative estimate of drug-likeness (QED) is 0.778. The first-order valence-corrected chi connectivity index (χ1v) is 6.90. The minimum atomic E-state index is -4.78. The van der Waals surface area contributed by atoms with Crippen molar-refractivity contribution in [1.82, 2.24) is 15.0 Å². The number of hydrogen-bond donors (Lipinski definition) is 0. The summed E-state index contributed by atoms with van der Waals surface area (Å²) in [5.41, 5.74) is -0.741. The Kier molecular flexibility index (Phi) is 4.38. The summed E-state index contributed by atoms with van der Waals surface area (Å²) in [5.74, 6) is -3.36. The van der Waals surface area contributed by atoms with Crippen LogP contribution in [0.4, 0.5) is 17.6 Å². The van der Waals surface area contributed by atoms with Gasteiger partial charge < -0.3 is 9.42 Å². The van der Waals surface area contributed by atoms with Crippen LogP contribution in [0, 0.1) is 5.82 Å². The molecule has 24 heavy (non-hydrogen) atoms. The number of amides is 1. The van der Waals surface area contributed by atoms with E-state index in [1.807, 2.05) is 0 Å². The lowest BCUT2D eigenvalue weighted by Gasteiger charge is -2.32. The van der Waals surface area contributed by atoms with Crippen LogP contribution in [0.2, 0.25) is 0 Å². The molecule has 0 fully saturated rings. The molecule has 0 saturated heterocycles. The van der Waals surface area contributed by atoms with Gasteiger partial charge in [0.2, 0.25) is 5.82 Å². The Bertz CT molecular complexity index is 763. The van der Waals surface area contributed by atoms with Crippen LogP contribution in [0.5, 0.6) is 0 Å². The summed E-state index contributed by atoms with van der Waals surface area (Å²) in [5, 5.41) is 3.17. The van der Waals surface area contributed by atoms with E-state index in [4.69, 9.17) is 0 Å². The molecule has 2 rings (SSSR count). The minimum absolute atomic E-state index is 0.0262. The zero-order valence-corrected chi connectivity index (χ0v) is 13.4. The van der Waals surface area contributed by atoms with E-state index in [1.54, 1.807) is 20.8 Å². The van der Waals surface area contributed by atoms with Gasteiger partial charge >= 0.3 is 12.1 Å². The molecule has 1 heterocycles. The van der Waals surface area contributed by atoms with Gasteiger partial charge in [-0.05, 0) is 32.9 Å². The fourth-order valence-corrected chi connectivity index (χ4v) is 1.77. The topological polar surface area (TPSA) is 59.2 Å². The monoisotopic (exact) mass is 345 g/mol. The summed E-state index contributed by atoms with van der Waals surface area (Å²) in [7, 11) is 1.53. The molecule has 0 N–H and O–H groups in total. The largest absolute Gasteiger partial charge is 0.471 e. The molecule has 2 aromatic rings. The Morgan fingerprint density at radius 2 is 1.83 bits per heavy atom. The highest BCUT2D eigenvalue weighted by molar-refractivity contribution is 5.95. The first-order valence-electron chi connectivity index (χ1n) is 6.90. The van der Waals surface area contributed by atoms with Gasteiger partial charge in [0.25, 0.3) is 5.91 Å². The van der Waals surface area contributed by atoms with Crippen LogP contribution in [-0.4, -0.2) is 33.5 Å². The van der Waals surface area contributed by atoms with Crippen molar-refractivity contribution in [2.45, 2.75) is 32.5 Å². The molecule has 1 aromatic heterocycles. The number of rotatable bonds is 2. The van der Waals surface area contributed by atoms with E-state index >= 15 is 0 Å². The lowest BCUT2D eigenvalue weighted by Crippen LogP contribution is -2.42. The number of aromatic nitrogens is 2. The van der Waals surface area contributed by atoms with Crippen LogP contribution in [0.1, 0.15) is 37.0 Å². The van der Waals surface area contributed by atoms with E-state index in [1.165, 1.54) is 24.1 Å². The maximum Gasteiger partial charge on any atom is 0.471 e. The summed E-state index contributed by atoms with van der Waals surface area (Å²) in [6.07, 6.45) is -4.78. The highest BCUT2D eigenvalue weighted by Gasteiger charge is 2.38. The Morgan fingerprint density at radius 3 is 2.29 bits per heavy atom. The van der Waals surface area contributed by atoms with Crippen molar-refractivity contribution >= 4 is 5.91 Å². The first kappa shape index (κ1) is 17.9. The molecule has 0 saturated carbocycles. The van der Waals surface area contributed by atoms with Gasteiger partial charge in [-0.15, -0.1) is 0 Å². The van der Waals surface area contributed by atoms with Crippen molar-refractivity contribution in [2.24, 2.45) is 0 Å². The summed E-state index contributed by atoms with van der Waals surface area (Å²) in [6.45, 7) is 5.36. The number of alkyl halides is 3. The molecular formula is C15H15F4N3O2. The molecule has 0 spiro atoms. The van der Waals surface area contributed by atoms with Gasteiger partial charge in [0.15, 0.2) is 0 Å². The Balaban J connectivity index is 2.34. The van der Waals surface area contributed by atoms with Gasteiger partial charge in [-0.25, -0.2) is 4.39 Å². The van der Waals surface area contributed by atoms with E-state index in [0.717, 1.165) is 6.07 Å². The van der Waals surface area contributed by atoms with Crippen LogP contribution < -0.4 is 0 Å². The molecule has 1 amide bonds. The number of hydrogen-bond acceptors (Lipinski definition) is 4. The van der Waals surface area contributed by atoms with Gasteiger partial charge in [0.05, 0.1) is 5.56 Å². The minimum Gasteiger partial charge on any atom is -0.337 e. The molecule has 0 aliphatic rings. The van der Waals surface area contributed by atoms with E-state index in [2.05, 4.69) is 14.7 Å². The molecular weight excluding hydrogens is 330 g/mol. The number of carbonyl (C=O) groups excluding carboxylic acids is 1. The zero-order valence-electron chi connectivity index (χ0n) is 13.4. The van der Waals surface area contributed by atoms with Gasteiger partial charge in [0.1, 0.15) is 5.82 Å². The summed E-state index contributed by atoms with van der Waals surface area (Å²) in [6, 6.07) is 3.34. The van der Waals surface area contributed by atoms with Crippen LogP contribution in [-0.2, 0) is 6.18 Å². The predicted molar refractivity (Wildman–Crippen MR) is 76.5 cm³/mol. The van der Waals surface area contributed by atoms with Crippen molar-refractivity contribution in [3.63, 3.8) is 0 Å². The molecule has 5 nitrogen and oxygen atoms in total. The smallest absolute Gasteiger partial charge is 0.337 e. The standard InChI is InChI=1S/C15H15F4N3O2/c1-14(2,3)22(4)12(23)9-6-5-8(7-10(9)16)11-20-13(24-21-11)15(17,18)19/h5-7H,1-4H3. The van der Waals surface area contributed by atoms with E-state index in [-0.39, 0.29) is 11.1 Å². The van der Waals surface area contributed by atoms with Crippen molar-refractivity contribution in [2.75, 3.05) is 7.05 Å². The molecule has 0 aliphatic carbocycles. The second-order valence-corrected chi connectivity index (χ2v) is 6.15. The highest BCUT2D eigenvalue weighted by Crippen LogP contribution is 2.30. The van der Waals surface area contributed by atoms with Crippen LogP contribution in [0.15, 0.2) is 22.7 Å². The fourth-order valence-electron chi connectivity index (χ4n) is 1.77. The molecule has 9 heteroatoms. The third-order valence-electron chi connectivity index (χ3n) is 3.44. The van der Waals surface area contributed by atoms with Crippen molar-refractivity contribution in [1.29, 1.82) is 0 Å². The summed E-state index contributed by atoms with van der Waals surface area (Å²) >= 11 is 0. The van der Waals surface area contributed by atoms with Crippen LogP contribution in [0.25, 0.3) is 11.4 Å².